The van der Waals surface area contributed by atoms with Gasteiger partial charge in [0, 0.05) is 45.6 Å². The van der Waals surface area contributed by atoms with E-state index in [0.717, 1.165) is 63.1 Å². The number of pyridine rings is 1. The number of aliphatic imine (C=N–C) groups is 1. The number of aromatic nitrogens is 1. The van der Waals surface area contributed by atoms with Crippen molar-refractivity contribution >= 4 is 29.9 Å². The van der Waals surface area contributed by atoms with E-state index < -0.39 is 0 Å². The molecule has 1 atom stereocenters. The summed E-state index contributed by atoms with van der Waals surface area (Å²) in [5.74, 6) is 2.23. The first kappa shape index (κ1) is 23.2. The Labute approximate surface area is 185 Å². The lowest BCUT2D eigenvalue weighted by atomic mass is 10.2. The predicted molar refractivity (Wildman–Crippen MR) is 120 cm³/mol. The molecule has 1 aliphatic carbocycles. The van der Waals surface area contributed by atoms with Crippen LogP contribution in [0.2, 0.25) is 0 Å². The van der Waals surface area contributed by atoms with Crippen LogP contribution in [-0.4, -0.2) is 57.1 Å². The van der Waals surface area contributed by atoms with E-state index in [1.165, 1.54) is 12.8 Å². The van der Waals surface area contributed by atoms with Gasteiger partial charge in [-0.1, -0.05) is 6.07 Å². The maximum atomic E-state index is 5.67. The van der Waals surface area contributed by atoms with Crippen LogP contribution in [0.5, 0.6) is 5.88 Å². The topological polar surface area (TPSA) is 77.0 Å². The molecule has 158 valence electrons. The van der Waals surface area contributed by atoms with Crippen LogP contribution in [0.3, 0.4) is 0 Å². The highest BCUT2D eigenvalue weighted by molar-refractivity contribution is 14.0. The van der Waals surface area contributed by atoms with Crippen molar-refractivity contribution in [3.8, 4) is 5.88 Å². The number of nitrogens with zero attached hydrogens (tertiary/aromatic N) is 2. The van der Waals surface area contributed by atoms with Gasteiger partial charge in [-0.2, -0.15) is 0 Å². The van der Waals surface area contributed by atoms with E-state index in [1.54, 1.807) is 7.05 Å². The lowest BCUT2D eigenvalue weighted by Gasteiger charge is -2.13. The minimum atomic E-state index is 0. The summed E-state index contributed by atoms with van der Waals surface area (Å²) in [7, 11) is 1.77. The average Bonchev–Trinajstić information content (AvgIpc) is 3.39. The second-order valence-electron chi connectivity index (χ2n) is 7.18. The smallest absolute Gasteiger partial charge is 0.213 e. The fraction of sp³-hybridized carbons (Fsp3) is 0.700. The van der Waals surface area contributed by atoms with E-state index in [1.807, 2.05) is 18.3 Å². The summed E-state index contributed by atoms with van der Waals surface area (Å²) in [5, 5.41) is 6.60. The first-order valence-corrected chi connectivity index (χ1v) is 10.0. The molecule has 28 heavy (non-hydrogen) atoms. The Morgan fingerprint density at radius 2 is 2.14 bits per heavy atom. The van der Waals surface area contributed by atoms with Gasteiger partial charge in [0.2, 0.25) is 5.88 Å². The normalized spacial score (nSPS) is 19.2. The van der Waals surface area contributed by atoms with Gasteiger partial charge in [0.05, 0.1) is 19.3 Å². The lowest BCUT2D eigenvalue weighted by Crippen LogP contribution is -2.37. The third-order valence-corrected chi connectivity index (χ3v) is 4.73. The molecule has 2 aliphatic rings. The van der Waals surface area contributed by atoms with E-state index in [9.17, 15) is 0 Å². The molecule has 1 saturated heterocycles. The van der Waals surface area contributed by atoms with Gasteiger partial charge in [-0.15, -0.1) is 24.0 Å². The number of halogens is 1. The monoisotopic (exact) mass is 504 g/mol. The number of ether oxygens (including phenoxy) is 3. The van der Waals surface area contributed by atoms with Crippen LogP contribution in [0, 0.1) is 5.92 Å². The number of nitrogens with one attached hydrogen (secondary N) is 2. The van der Waals surface area contributed by atoms with Crippen LogP contribution in [0.25, 0.3) is 0 Å². The van der Waals surface area contributed by atoms with Crippen LogP contribution in [0.1, 0.15) is 37.7 Å². The Balaban J connectivity index is 0.00000280. The van der Waals surface area contributed by atoms with Gasteiger partial charge in [-0.05, 0) is 43.6 Å². The molecule has 3 rings (SSSR count). The molecule has 8 heteroatoms. The van der Waals surface area contributed by atoms with Crippen LogP contribution < -0.4 is 15.4 Å². The number of guanidine groups is 1. The molecule has 1 aromatic heterocycles. The van der Waals surface area contributed by atoms with Crippen LogP contribution >= 0.6 is 24.0 Å². The van der Waals surface area contributed by atoms with E-state index >= 15 is 0 Å². The molecule has 0 aromatic carbocycles. The van der Waals surface area contributed by atoms with Crippen molar-refractivity contribution in [3.63, 3.8) is 0 Å². The van der Waals surface area contributed by atoms with Gasteiger partial charge in [0.25, 0.3) is 0 Å². The Bertz CT molecular complexity index is 575. The SMILES string of the molecule is CN=C(NCCCOCC1CCCO1)NCc1ccc(OCC2CC2)nc1.I. The van der Waals surface area contributed by atoms with Crippen molar-refractivity contribution in [1.82, 2.24) is 15.6 Å². The summed E-state index contributed by atoms with van der Waals surface area (Å²) in [6, 6.07) is 3.97. The zero-order valence-electron chi connectivity index (χ0n) is 16.7. The highest BCUT2D eigenvalue weighted by Gasteiger charge is 2.22. The van der Waals surface area contributed by atoms with Gasteiger partial charge in [0.15, 0.2) is 5.96 Å². The van der Waals surface area contributed by atoms with Crippen LogP contribution in [-0.2, 0) is 16.0 Å². The highest BCUT2D eigenvalue weighted by Crippen LogP contribution is 2.29. The molecule has 1 aromatic rings. The Hall–Kier alpha value is -1.13. The first-order chi connectivity index (χ1) is 13.3. The fourth-order valence-electron chi connectivity index (χ4n) is 2.87. The van der Waals surface area contributed by atoms with Gasteiger partial charge >= 0.3 is 0 Å². The molecule has 2 N–H and O–H groups in total. The van der Waals surface area contributed by atoms with Crippen molar-refractivity contribution < 1.29 is 14.2 Å². The predicted octanol–water partition coefficient (Wildman–Crippen LogP) is 2.74. The van der Waals surface area contributed by atoms with Gasteiger partial charge in [0.1, 0.15) is 0 Å². The largest absolute Gasteiger partial charge is 0.477 e. The molecule has 0 amide bonds. The average molecular weight is 504 g/mol. The summed E-state index contributed by atoms with van der Waals surface area (Å²) >= 11 is 0. The van der Waals surface area contributed by atoms with E-state index in [0.29, 0.717) is 25.1 Å². The maximum Gasteiger partial charge on any atom is 0.213 e. The lowest BCUT2D eigenvalue weighted by molar-refractivity contribution is 0.0168. The Morgan fingerprint density at radius 3 is 2.82 bits per heavy atom. The van der Waals surface area contributed by atoms with E-state index in [2.05, 4.69) is 20.6 Å². The highest BCUT2D eigenvalue weighted by atomic mass is 127. The summed E-state index contributed by atoms with van der Waals surface area (Å²) < 4.78 is 16.9. The molecular weight excluding hydrogens is 471 g/mol. The second-order valence-corrected chi connectivity index (χ2v) is 7.18. The molecule has 1 saturated carbocycles. The van der Waals surface area contributed by atoms with Crippen molar-refractivity contribution in [1.29, 1.82) is 0 Å². The zero-order chi connectivity index (χ0) is 18.7. The Kier molecular flexibility index (Phi) is 10.9. The minimum Gasteiger partial charge on any atom is -0.477 e. The summed E-state index contributed by atoms with van der Waals surface area (Å²) in [4.78, 5) is 8.61. The standard InChI is InChI=1S/C20H32N4O3.HI/c1-21-20(22-9-3-10-25-15-18-4-2-11-26-18)24-13-17-7-8-19(23-12-17)27-14-16-5-6-16;/h7-8,12,16,18H,2-6,9-11,13-15H2,1H3,(H2,21,22,24);1H. The molecule has 2 heterocycles. The summed E-state index contributed by atoms with van der Waals surface area (Å²) in [6.07, 6.45) is 7.93. The fourth-order valence-corrected chi connectivity index (χ4v) is 2.87. The Morgan fingerprint density at radius 1 is 1.25 bits per heavy atom. The van der Waals surface area contributed by atoms with Crippen LogP contribution in [0.15, 0.2) is 23.3 Å². The quantitative estimate of drug-likeness (QED) is 0.209. The molecule has 0 bridgehead atoms. The van der Waals surface area contributed by atoms with E-state index in [4.69, 9.17) is 14.2 Å². The number of rotatable bonds is 11. The van der Waals surface area contributed by atoms with Crippen molar-refractivity contribution in [2.45, 2.75) is 44.8 Å². The third kappa shape index (κ3) is 8.91. The molecule has 0 spiro atoms. The van der Waals surface area contributed by atoms with Crippen molar-refractivity contribution in [3.05, 3.63) is 23.9 Å². The molecule has 1 unspecified atom stereocenters. The van der Waals surface area contributed by atoms with Gasteiger partial charge in [-0.25, -0.2) is 4.98 Å². The first-order valence-electron chi connectivity index (χ1n) is 10.0. The van der Waals surface area contributed by atoms with Gasteiger partial charge < -0.3 is 24.8 Å². The number of hydrogen-bond donors (Lipinski definition) is 2. The second kappa shape index (κ2) is 13.2. The molecule has 2 fully saturated rings. The molecule has 0 radical (unpaired) electrons. The summed E-state index contributed by atoms with van der Waals surface area (Å²) in [6.45, 7) is 4.60. The molecule has 7 nitrogen and oxygen atoms in total. The summed E-state index contributed by atoms with van der Waals surface area (Å²) in [5.41, 5.74) is 1.09. The molecular formula is C20H33IN4O3. The minimum absolute atomic E-state index is 0. The van der Waals surface area contributed by atoms with Crippen molar-refractivity contribution in [2.75, 3.05) is 40.0 Å². The molecule has 1 aliphatic heterocycles. The van der Waals surface area contributed by atoms with Crippen molar-refractivity contribution in [2.24, 2.45) is 10.9 Å². The third-order valence-electron chi connectivity index (χ3n) is 4.73. The number of hydrogen-bond acceptors (Lipinski definition) is 5. The maximum absolute atomic E-state index is 5.67. The van der Waals surface area contributed by atoms with Crippen LogP contribution in [0.4, 0.5) is 0 Å². The van der Waals surface area contributed by atoms with E-state index in [-0.39, 0.29) is 24.0 Å². The zero-order valence-corrected chi connectivity index (χ0v) is 19.0. The van der Waals surface area contributed by atoms with Gasteiger partial charge in [-0.3, -0.25) is 4.99 Å².